The lowest BCUT2D eigenvalue weighted by Crippen LogP contribution is -2.18. The van der Waals surface area contributed by atoms with Gasteiger partial charge in [0.2, 0.25) is 0 Å². The van der Waals surface area contributed by atoms with Gasteiger partial charge in [0.1, 0.15) is 5.75 Å². The molecule has 1 aromatic rings. The van der Waals surface area contributed by atoms with E-state index in [0.29, 0.717) is 12.3 Å². The van der Waals surface area contributed by atoms with Crippen LogP contribution >= 0.6 is 0 Å². The number of aliphatic hydroxyl groups is 1. The van der Waals surface area contributed by atoms with Crippen LogP contribution in [0.25, 0.3) is 0 Å². The van der Waals surface area contributed by atoms with E-state index in [1.165, 1.54) is 0 Å². The van der Waals surface area contributed by atoms with Gasteiger partial charge < -0.3 is 20.5 Å². The van der Waals surface area contributed by atoms with Crippen molar-refractivity contribution in [3.05, 3.63) is 18.2 Å². The molecule has 3 N–H and O–H groups in total. The molecule has 0 aliphatic heterocycles. The number of anilines is 2. The highest BCUT2D eigenvalue weighted by atomic mass is 16.5. The maximum Gasteiger partial charge on any atom is 0.144 e. The highest BCUT2D eigenvalue weighted by Gasteiger charge is 2.06. The monoisotopic (exact) mass is 266 g/mol. The summed E-state index contributed by atoms with van der Waals surface area (Å²) in [6.45, 7) is 4.01. The molecule has 108 valence electrons. The van der Waals surface area contributed by atoms with Gasteiger partial charge in [0, 0.05) is 32.0 Å². The summed E-state index contributed by atoms with van der Waals surface area (Å²) in [4.78, 5) is 2.19. The van der Waals surface area contributed by atoms with E-state index in [1.807, 2.05) is 18.2 Å². The first-order valence-corrected chi connectivity index (χ1v) is 7.03. The molecule has 0 radical (unpaired) electrons. The van der Waals surface area contributed by atoms with Crippen LogP contribution < -0.4 is 15.4 Å². The molecule has 19 heavy (non-hydrogen) atoms. The van der Waals surface area contributed by atoms with Crippen molar-refractivity contribution >= 4 is 11.4 Å². The molecule has 0 saturated heterocycles. The van der Waals surface area contributed by atoms with Crippen LogP contribution in [0.4, 0.5) is 11.4 Å². The van der Waals surface area contributed by atoms with Gasteiger partial charge in [-0.2, -0.15) is 0 Å². The van der Waals surface area contributed by atoms with Gasteiger partial charge in [0.15, 0.2) is 0 Å². The first-order chi connectivity index (χ1) is 9.19. The van der Waals surface area contributed by atoms with Crippen LogP contribution in [0.3, 0.4) is 0 Å². The lowest BCUT2D eigenvalue weighted by atomic mass is 10.2. The van der Waals surface area contributed by atoms with E-state index in [-0.39, 0.29) is 6.61 Å². The molecule has 0 unspecified atom stereocenters. The van der Waals surface area contributed by atoms with Gasteiger partial charge >= 0.3 is 0 Å². The smallest absolute Gasteiger partial charge is 0.144 e. The second-order valence-corrected chi connectivity index (χ2v) is 4.78. The fourth-order valence-electron chi connectivity index (χ4n) is 1.86. The van der Waals surface area contributed by atoms with Gasteiger partial charge in [-0.05, 0) is 37.8 Å². The Kier molecular flexibility index (Phi) is 7.11. The van der Waals surface area contributed by atoms with Crippen LogP contribution in [0.15, 0.2) is 18.2 Å². The molecular weight excluding hydrogens is 240 g/mol. The molecule has 0 atom stereocenters. The summed E-state index contributed by atoms with van der Waals surface area (Å²) in [5.41, 5.74) is 7.70. The molecule has 0 amide bonds. The van der Waals surface area contributed by atoms with Crippen LogP contribution in [-0.2, 0) is 0 Å². The Morgan fingerprint density at radius 1 is 1.26 bits per heavy atom. The van der Waals surface area contributed by atoms with Crippen LogP contribution in [0.2, 0.25) is 0 Å². The van der Waals surface area contributed by atoms with Gasteiger partial charge in [-0.1, -0.05) is 6.92 Å². The van der Waals surface area contributed by atoms with Crippen molar-refractivity contribution in [1.82, 2.24) is 0 Å². The molecular formula is C15H26N2O2. The summed E-state index contributed by atoms with van der Waals surface area (Å²) in [7, 11) is 2.06. The number of nitrogens with two attached hydrogens (primary N) is 1. The van der Waals surface area contributed by atoms with Crippen molar-refractivity contribution < 1.29 is 9.84 Å². The fraction of sp³-hybridized carbons (Fsp3) is 0.600. The van der Waals surface area contributed by atoms with Gasteiger partial charge in [-0.15, -0.1) is 0 Å². The Balaban J connectivity index is 2.56. The summed E-state index contributed by atoms with van der Waals surface area (Å²) < 4.78 is 5.64. The molecule has 0 aliphatic rings. The number of nitrogens with zero attached hydrogens (tertiary/aromatic N) is 1. The average Bonchev–Trinajstić information content (AvgIpc) is 2.42. The van der Waals surface area contributed by atoms with E-state index in [9.17, 15) is 0 Å². The zero-order chi connectivity index (χ0) is 14.1. The van der Waals surface area contributed by atoms with Crippen molar-refractivity contribution in [3.63, 3.8) is 0 Å². The minimum Gasteiger partial charge on any atom is -0.491 e. The standard InChI is InChI=1S/C15H26N2O2/c1-3-11-19-15-12-13(7-8-14(15)16)17(2)9-5-4-6-10-18/h7-8,12,18H,3-6,9-11,16H2,1-2H3. The third-order valence-corrected chi connectivity index (χ3v) is 3.05. The number of unbranched alkanes of at least 4 members (excludes halogenated alkanes) is 2. The molecule has 1 rings (SSSR count). The Labute approximate surface area is 116 Å². The zero-order valence-electron chi connectivity index (χ0n) is 12.1. The second-order valence-electron chi connectivity index (χ2n) is 4.78. The predicted octanol–water partition coefficient (Wildman–Crippen LogP) is 2.66. The van der Waals surface area contributed by atoms with E-state index in [0.717, 1.165) is 43.7 Å². The van der Waals surface area contributed by atoms with Gasteiger partial charge in [0.25, 0.3) is 0 Å². The van der Waals surface area contributed by atoms with Crippen molar-refractivity contribution in [2.75, 3.05) is 37.4 Å². The molecule has 0 spiro atoms. The van der Waals surface area contributed by atoms with Gasteiger partial charge in [-0.25, -0.2) is 0 Å². The van der Waals surface area contributed by atoms with E-state index in [2.05, 4.69) is 18.9 Å². The molecule has 4 nitrogen and oxygen atoms in total. The van der Waals surface area contributed by atoms with Crippen molar-refractivity contribution in [3.8, 4) is 5.75 Å². The van der Waals surface area contributed by atoms with Crippen molar-refractivity contribution in [2.45, 2.75) is 32.6 Å². The van der Waals surface area contributed by atoms with Gasteiger partial charge in [-0.3, -0.25) is 0 Å². The maximum atomic E-state index is 8.75. The minimum atomic E-state index is 0.278. The zero-order valence-corrected chi connectivity index (χ0v) is 12.1. The summed E-state index contributed by atoms with van der Waals surface area (Å²) >= 11 is 0. The highest BCUT2D eigenvalue weighted by molar-refractivity contribution is 5.62. The van der Waals surface area contributed by atoms with E-state index in [1.54, 1.807) is 0 Å². The molecule has 0 fully saturated rings. The van der Waals surface area contributed by atoms with Crippen LogP contribution in [0, 0.1) is 0 Å². The first-order valence-electron chi connectivity index (χ1n) is 7.03. The summed E-state index contributed by atoms with van der Waals surface area (Å²) in [6.07, 6.45) is 3.97. The number of ether oxygens (including phenoxy) is 1. The van der Waals surface area contributed by atoms with Crippen LogP contribution in [0.1, 0.15) is 32.6 Å². The molecule has 0 aromatic heterocycles. The number of rotatable bonds is 9. The Hall–Kier alpha value is -1.42. The summed E-state index contributed by atoms with van der Waals surface area (Å²) in [5, 5.41) is 8.75. The number of aliphatic hydroxyl groups excluding tert-OH is 1. The largest absolute Gasteiger partial charge is 0.491 e. The number of hydrogen-bond donors (Lipinski definition) is 2. The van der Waals surface area contributed by atoms with Crippen LogP contribution in [-0.4, -0.2) is 31.9 Å². The Morgan fingerprint density at radius 3 is 2.74 bits per heavy atom. The quantitative estimate of drug-likeness (QED) is 0.533. The summed E-state index contributed by atoms with van der Waals surface area (Å²) in [6, 6.07) is 5.90. The molecule has 0 heterocycles. The molecule has 0 bridgehead atoms. The van der Waals surface area contributed by atoms with Crippen molar-refractivity contribution in [2.24, 2.45) is 0 Å². The normalized spacial score (nSPS) is 10.5. The van der Waals surface area contributed by atoms with E-state index >= 15 is 0 Å². The third-order valence-electron chi connectivity index (χ3n) is 3.05. The molecule has 0 saturated carbocycles. The lowest BCUT2D eigenvalue weighted by Gasteiger charge is -2.20. The van der Waals surface area contributed by atoms with Crippen LogP contribution in [0.5, 0.6) is 5.75 Å². The topological polar surface area (TPSA) is 58.7 Å². The van der Waals surface area contributed by atoms with E-state index in [4.69, 9.17) is 15.6 Å². The number of nitrogen functional groups attached to an aromatic ring is 1. The molecule has 4 heteroatoms. The first kappa shape index (κ1) is 15.6. The average molecular weight is 266 g/mol. The number of benzene rings is 1. The Bertz CT molecular complexity index is 369. The van der Waals surface area contributed by atoms with E-state index < -0.39 is 0 Å². The highest BCUT2D eigenvalue weighted by Crippen LogP contribution is 2.27. The number of hydrogen-bond acceptors (Lipinski definition) is 4. The SMILES string of the molecule is CCCOc1cc(N(C)CCCCCO)ccc1N. The second kappa shape index (κ2) is 8.64. The summed E-state index contributed by atoms with van der Waals surface area (Å²) in [5.74, 6) is 0.765. The molecule has 1 aromatic carbocycles. The lowest BCUT2D eigenvalue weighted by molar-refractivity contribution is 0.283. The third kappa shape index (κ3) is 5.39. The predicted molar refractivity (Wildman–Crippen MR) is 80.8 cm³/mol. The minimum absolute atomic E-state index is 0.278. The molecule has 0 aliphatic carbocycles. The van der Waals surface area contributed by atoms with Crippen molar-refractivity contribution in [1.29, 1.82) is 0 Å². The fourth-order valence-corrected chi connectivity index (χ4v) is 1.86. The van der Waals surface area contributed by atoms with Gasteiger partial charge in [0.05, 0.1) is 12.3 Å². The Morgan fingerprint density at radius 2 is 2.05 bits per heavy atom. The maximum absolute atomic E-state index is 8.75.